The fourth-order valence-electron chi connectivity index (χ4n) is 5.68. The molecule has 5 heteroatoms. The highest BCUT2D eigenvalue weighted by Gasteiger charge is 2.15. The predicted octanol–water partition coefficient (Wildman–Crippen LogP) is 7.15. The van der Waals surface area contributed by atoms with Crippen LogP contribution in [-0.2, 0) is 6.42 Å². The Kier molecular flexibility index (Phi) is 8.25. The molecular weight excluding hydrogens is 488 g/mol. The van der Waals surface area contributed by atoms with E-state index in [4.69, 9.17) is 9.47 Å². The Morgan fingerprint density at radius 3 is 2.53 bits per heavy atom. The molecule has 1 atom stereocenters. The lowest BCUT2D eigenvalue weighted by molar-refractivity contribution is 0.237. The molecule has 198 valence electrons. The van der Waals surface area contributed by atoms with E-state index >= 15 is 0 Å². The van der Waals surface area contributed by atoms with E-state index in [1.54, 1.807) is 0 Å². The van der Waals surface area contributed by atoms with Gasteiger partial charge in [-0.15, -0.1) is 11.3 Å². The van der Waals surface area contributed by atoms with Crippen molar-refractivity contribution in [1.82, 2.24) is 10.2 Å². The first-order chi connectivity index (χ1) is 18.8. The maximum Gasteiger partial charge on any atom is 0.122 e. The van der Waals surface area contributed by atoms with E-state index in [-0.39, 0.29) is 0 Å². The number of thiophene rings is 1. The molecule has 3 heterocycles. The Morgan fingerprint density at radius 1 is 0.842 bits per heavy atom. The molecule has 2 fully saturated rings. The molecule has 1 unspecified atom stereocenters. The zero-order valence-corrected chi connectivity index (χ0v) is 23.0. The highest BCUT2D eigenvalue weighted by molar-refractivity contribution is 7.22. The van der Waals surface area contributed by atoms with Gasteiger partial charge in [-0.3, -0.25) is 4.90 Å². The molecule has 4 nitrogen and oxygen atoms in total. The highest BCUT2D eigenvalue weighted by Crippen LogP contribution is 2.37. The van der Waals surface area contributed by atoms with Crippen LogP contribution < -0.4 is 14.8 Å². The first-order valence-corrected chi connectivity index (χ1v) is 15.0. The Bertz CT molecular complexity index is 1320. The van der Waals surface area contributed by atoms with Crippen LogP contribution in [-0.4, -0.2) is 50.3 Å². The minimum atomic E-state index is 0.460. The number of para-hydroxylation sites is 1. The molecule has 4 aromatic rings. The number of fused-ring (bicyclic) bond motifs is 1. The second-order valence-corrected chi connectivity index (χ2v) is 11.7. The Hall–Kier alpha value is -2.86. The first-order valence-electron chi connectivity index (χ1n) is 14.2. The molecule has 0 radical (unpaired) electrons. The Morgan fingerprint density at radius 2 is 1.68 bits per heavy atom. The summed E-state index contributed by atoms with van der Waals surface area (Å²) in [4.78, 5) is 3.78. The van der Waals surface area contributed by atoms with Crippen molar-refractivity contribution in [1.29, 1.82) is 0 Å². The number of nitrogens with one attached hydrogen (secondary N) is 1. The second-order valence-electron chi connectivity index (χ2n) is 10.6. The molecule has 0 saturated carbocycles. The summed E-state index contributed by atoms with van der Waals surface area (Å²) in [6, 6.07) is 26.6. The number of hydrogen-bond acceptors (Lipinski definition) is 5. The number of piperidine rings is 1. The van der Waals surface area contributed by atoms with Gasteiger partial charge in [-0.1, -0.05) is 36.8 Å². The number of likely N-dealkylation sites (tertiary alicyclic amines) is 1. The monoisotopic (exact) mass is 526 g/mol. The molecule has 1 aromatic heterocycles. The average molecular weight is 527 g/mol. The van der Waals surface area contributed by atoms with Gasteiger partial charge >= 0.3 is 0 Å². The summed E-state index contributed by atoms with van der Waals surface area (Å²) in [6.07, 6.45) is 7.28. The zero-order valence-electron chi connectivity index (χ0n) is 22.2. The number of hydrogen-bond donors (Lipinski definition) is 1. The molecule has 2 aliphatic rings. The zero-order chi connectivity index (χ0) is 25.6. The second kappa shape index (κ2) is 12.3. The van der Waals surface area contributed by atoms with E-state index in [2.05, 4.69) is 83.0 Å². The van der Waals surface area contributed by atoms with Gasteiger partial charge in [0.2, 0.25) is 0 Å². The minimum absolute atomic E-state index is 0.460. The number of rotatable bonds is 10. The van der Waals surface area contributed by atoms with Crippen LogP contribution in [0.1, 0.15) is 43.2 Å². The molecule has 0 amide bonds. The molecule has 0 spiro atoms. The summed E-state index contributed by atoms with van der Waals surface area (Å²) in [6.45, 7) is 6.05. The molecule has 3 aromatic carbocycles. The summed E-state index contributed by atoms with van der Waals surface area (Å²) < 4.78 is 13.7. The average Bonchev–Trinajstić information content (AvgIpc) is 3.64. The lowest BCUT2D eigenvalue weighted by atomic mass is 10.0. The lowest BCUT2D eigenvalue weighted by Gasteiger charge is -2.24. The van der Waals surface area contributed by atoms with Crippen LogP contribution in [0.2, 0.25) is 0 Å². The smallest absolute Gasteiger partial charge is 0.122 e. The third-order valence-corrected chi connectivity index (χ3v) is 9.02. The standard InChI is InChI=1S/C33H38N2O2S/c1-2-11-31(37-24-28-10-3-4-17-34-28)27(8-1)22-26-9-7-12-32-30(26)23-33(38-32)25-13-15-29(16-14-25)36-21-20-35-18-5-6-19-35/h1-2,7-9,11-16,23,28,34H,3-6,10,17-22,24H2. The predicted molar refractivity (Wildman–Crippen MR) is 159 cm³/mol. The van der Waals surface area contributed by atoms with Crippen molar-refractivity contribution in [3.8, 4) is 21.9 Å². The van der Waals surface area contributed by atoms with Crippen molar-refractivity contribution >= 4 is 21.4 Å². The summed E-state index contributed by atoms with van der Waals surface area (Å²) in [5.74, 6) is 1.96. The van der Waals surface area contributed by atoms with Crippen LogP contribution in [0, 0.1) is 0 Å². The van der Waals surface area contributed by atoms with Crippen molar-refractivity contribution < 1.29 is 9.47 Å². The van der Waals surface area contributed by atoms with Crippen LogP contribution >= 0.6 is 11.3 Å². The number of benzene rings is 3. The van der Waals surface area contributed by atoms with E-state index in [1.165, 1.54) is 76.8 Å². The van der Waals surface area contributed by atoms with E-state index in [0.717, 1.165) is 44.2 Å². The normalized spacial score (nSPS) is 18.2. The maximum atomic E-state index is 6.33. The molecule has 0 aliphatic carbocycles. The third kappa shape index (κ3) is 6.23. The van der Waals surface area contributed by atoms with Crippen LogP contribution in [0.15, 0.2) is 72.8 Å². The third-order valence-electron chi connectivity index (χ3n) is 7.87. The van der Waals surface area contributed by atoms with E-state index in [1.807, 2.05) is 11.3 Å². The van der Waals surface area contributed by atoms with Gasteiger partial charge in [-0.25, -0.2) is 0 Å². The first kappa shape index (κ1) is 25.4. The SMILES string of the molecule is c1ccc(OCC2CCCCN2)c(Cc2cccc3sc(-c4ccc(OCCN5CCCC5)cc4)cc23)c1. The quantitative estimate of drug-likeness (QED) is 0.238. The molecule has 2 saturated heterocycles. The molecule has 1 N–H and O–H groups in total. The summed E-state index contributed by atoms with van der Waals surface area (Å²) in [7, 11) is 0. The number of ether oxygens (including phenoxy) is 2. The fraction of sp³-hybridized carbons (Fsp3) is 0.394. The largest absolute Gasteiger partial charge is 0.492 e. The van der Waals surface area contributed by atoms with Crippen molar-refractivity contribution in [3.63, 3.8) is 0 Å². The Balaban J connectivity index is 1.14. The molecule has 38 heavy (non-hydrogen) atoms. The van der Waals surface area contributed by atoms with Gasteiger partial charge in [0.25, 0.3) is 0 Å². The van der Waals surface area contributed by atoms with E-state index in [9.17, 15) is 0 Å². The highest BCUT2D eigenvalue weighted by atomic mass is 32.1. The van der Waals surface area contributed by atoms with Gasteiger partial charge in [0.05, 0.1) is 0 Å². The van der Waals surface area contributed by atoms with Crippen molar-refractivity contribution in [2.75, 3.05) is 39.4 Å². The van der Waals surface area contributed by atoms with Gasteiger partial charge < -0.3 is 14.8 Å². The summed E-state index contributed by atoms with van der Waals surface area (Å²) >= 11 is 1.86. The lowest BCUT2D eigenvalue weighted by Crippen LogP contribution is -2.38. The van der Waals surface area contributed by atoms with Crippen LogP contribution in [0.5, 0.6) is 11.5 Å². The van der Waals surface area contributed by atoms with Gasteiger partial charge in [0, 0.05) is 28.6 Å². The fourth-order valence-corrected chi connectivity index (χ4v) is 6.80. The van der Waals surface area contributed by atoms with Crippen molar-refractivity contribution in [3.05, 3.63) is 83.9 Å². The van der Waals surface area contributed by atoms with Gasteiger partial charge in [-0.2, -0.15) is 0 Å². The van der Waals surface area contributed by atoms with Gasteiger partial charge in [0.1, 0.15) is 24.7 Å². The maximum absolute atomic E-state index is 6.33. The van der Waals surface area contributed by atoms with E-state index < -0.39 is 0 Å². The van der Waals surface area contributed by atoms with Crippen molar-refractivity contribution in [2.24, 2.45) is 0 Å². The van der Waals surface area contributed by atoms with Crippen LogP contribution in [0.25, 0.3) is 20.5 Å². The van der Waals surface area contributed by atoms with Gasteiger partial charge in [0.15, 0.2) is 0 Å². The van der Waals surface area contributed by atoms with Crippen LogP contribution in [0.4, 0.5) is 0 Å². The summed E-state index contributed by atoms with van der Waals surface area (Å²) in [5, 5.41) is 4.93. The summed E-state index contributed by atoms with van der Waals surface area (Å²) in [5.41, 5.74) is 3.84. The Labute approximate surface area is 230 Å². The topological polar surface area (TPSA) is 33.7 Å². The van der Waals surface area contributed by atoms with Gasteiger partial charge in [-0.05, 0) is 110 Å². The minimum Gasteiger partial charge on any atom is -0.492 e. The molecular formula is C33H38N2O2S. The van der Waals surface area contributed by atoms with E-state index in [0.29, 0.717) is 6.04 Å². The van der Waals surface area contributed by atoms with Crippen LogP contribution in [0.3, 0.4) is 0 Å². The molecule has 6 rings (SSSR count). The molecule has 2 aliphatic heterocycles. The molecule has 0 bridgehead atoms. The number of nitrogens with zero attached hydrogens (tertiary/aromatic N) is 1. The van der Waals surface area contributed by atoms with Crippen molar-refractivity contribution in [2.45, 2.75) is 44.6 Å².